The number of halogens is 1. The highest BCUT2D eigenvalue weighted by Gasteiger charge is 2.33. The van der Waals surface area contributed by atoms with Crippen molar-refractivity contribution in [3.8, 4) is 0 Å². The normalized spacial score (nSPS) is 14.8. The zero-order valence-electron chi connectivity index (χ0n) is 14.6. The van der Waals surface area contributed by atoms with E-state index in [4.69, 9.17) is 4.74 Å². The first-order valence-corrected chi connectivity index (χ1v) is 9.38. The highest BCUT2D eigenvalue weighted by atomic mass is 79.9. The highest BCUT2D eigenvalue weighted by molar-refractivity contribution is 9.10. The quantitative estimate of drug-likeness (QED) is 0.731. The van der Waals surface area contributed by atoms with Crippen LogP contribution in [0.5, 0.6) is 0 Å². The van der Waals surface area contributed by atoms with E-state index in [0.29, 0.717) is 12.8 Å². The van der Waals surface area contributed by atoms with Gasteiger partial charge >= 0.3 is 6.09 Å². The first-order chi connectivity index (χ1) is 13.0. The molecule has 7 heteroatoms. The van der Waals surface area contributed by atoms with Crippen LogP contribution in [0.25, 0.3) is 0 Å². The minimum Gasteiger partial charge on any atom is -0.439 e. The van der Waals surface area contributed by atoms with Crippen LogP contribution in [-0.4, -0.2) is 36.0 Å². The number of aryl methyl sites for hydroxylation is 1. The van der Waals surface area contributed by atoms with Crippen LogP contribution in [0.15, 0.2) is 59.1 Å². The Morgan fingerprint density at radius 1 is 1.11 bits per heavy atom. The molecule has 27 heavy (non-hydrogen) atoms. The lowest BCUT2D eigenvalue weighted by atomic mass is 10.1. The third-order valence-corrected chi connectivity index (χ3v) is 5.10. The van der Waals surface area contributed by atoms with Gasteiger partial charge in [-0.1, -0.05) is 64.5 Å². The third-order valence-electron chi connectivity index (χ3n) is 4.32. The number of nitrogens with zero attached hydrogens (tertiary/aromatic N) is 1. The Labute approximate surface area is 165 Å². The van der Waals surface area contributed by atoms with E-state index in [-0.39, 0.29) is 19.1 Å². The number of hydrogen-bond donors (Lipinski definition) is 1. The molecule has 1 aliphatic rings. The van der Waals surface area contributed by atoms with E-state index in [9.17, 15) is 14.4 Å². The third kappa shape index (κ3) is 4.95. The Bertz CT molecular complexity index is 825. The second-order valence-corrected chi connectivity index (χ2v) is 7.04. The predicted molar refractivity (Wildman–Crippen MR) is 103 cm³/mol. The summed E-state index contributed by atoms with van der Waals surface area (Å²) < 4.78 is 5.72. The number of ether oxygens (including phenoxy) is 1. The van der Waals surface area contributed by atoms with Crippen molar-refractivity contribution < 1.29 is 19.1 Å². The van der Waals surface area contributed by atoms with Gasteiger partial charge in [-0.05, 0) is 23.6 Å². The van der Waals surface area contributed by atoms with Gasteiger partial charge in [0, 0.05) is 10.9 Å². The van der Waals surface area contributed by atoms with Gasteiger partial charge in [0.2, 0.25) is 5.91 Å². The second kappa shape index (κ2) is 8.81. The van der Waals surface area contributed by atoms with E-state index >= 15 is 0 Å². The van der Waals surface area contributed by atoms with Crippen molar-refractivity contribution in [2.24, 2.45) is 0 Å². The molecule has 3 amide bonds. The Hall–Kier alpha value is -2.67. The summed E-state index contributed by atoms with van der Waals surface area (Å²) in [5.41, 5.74) is 1.86. The molecular weight excluding hydrogens is 412 g/mol. The molecule has 2 aromatic rings. The van der Waals surface area contributed by atoms with Crippen LogP contribution in [-0.2, 0) is 20.7 Å². The molecule has 0 radical (unpaired) electrons. The average molecular weight is 431 g/mol. The molecule has 0 unspecified atom stereocenters. The summed E-state index contributed by atoms with van der Waals surface area (Å²) in [6, 6.07) is 16.5. The largest absolute Gasteiger partial charge is 0.439 e. The fourth-order valence-corrected chi connectivity index (χ4v) is 3.36. The maximum absolute atomic E-state index is 12.5. The van der Waals surface area contributed by atoms with Crippen molar-refractivity contribution in [1.82, 2.24) is 10.2 Å². The Morgan fingerprint density at radius 2 is 1.81 bits per heavy atom. The minimum atomic E-state index is -0.677. The number of rotatable bonds is 7. The van der Waals surface area contributed by atoms with Crippen molar-refractivity contribution in [3.05, 3.63) is 70.2 Å². The molecule has 1 atom stereocenters. The number of carbonyl (C=O) groups is 3. The molecule has 0 spiro atoms. The van der Waals surface area contributed by atoms with Crippen LogP contribution in [0.2, 0.25) is 0 Å². The summed E-state index contributed by atoms with van der Waals surface area (Å²) in [7, 11) is 0. The number of cyclic esters (lactones) is 1. The van der Waals surface area contributed by atoms with Crippen LogP contribution >= 0.6 is 15.9 Å². The van der Waals surface area contributed by atoms with Gasteiger partial charge in [-0.2, -0.15) is 0 Å². The van der Waals surface area contributed by atoms with Crippen LogP contribution in [0.4, 0.5) is 4.79 Å². The Balaban J connectivity index is 1.67. The van der Waals surface area contributed by atoms with Gasteiger partial charge in [0.25, 0.3) is 5.91 Å². The molecule has 0 aromatic heterocycles. The molecular formula is C20H19BrN2O4. The van der Waals surface area contributed by atoms with Gasteiger partial charge in [0.15, 0.2) is 6.61 Å². The standard InChI is InChI=1S/C20H19BrN2O4/c21-16-9-5-4-6-14(16)10-11-18(24)22-17(15-7-2-1-3-8-15)12-23-19(25)13-27-20(23)26/h1-9,17H,10-13H2,(H,22,24)/t17-/m0/s1. The lowest BCUT2D eigenvalue weighted by molar-refractivity contribution is -0.127. The van der Waals surface area contributed by atoms with E-state index in [0.717, 1.165) is 20.5 Å². The van der Waals surface area contributed by atoms with Crippen molar-refractivity contribution in [1.29, 1.82) is 0 Å². The van der Waals surface area contributed by atoms with Crippen LogP contribution in [0, 0.1) is 0 Å². The zero-order valence-corrected chi connectivity index (χ0v) is 16.1. The van der Waals surface area contributed by atoms with Gasteiger partial charge in [-0.3, -0.25) is 9.59 Å². The fraction of sp³-hybridized carbons (Fsp3) is 0.250. The monoisotopic (exact) mass is 430 g/mol. The van der Waals surface area contributed by atoms with Gasteiger partial charge in [0.05, 0.1) is 12.6 Å². The number of hydrogen-bond acceptors (Lipinski definition) is 4. The van der Waals surface area contributed by atoms with Crippen molar-refractivity contribution in [2.45, 2.75) is 18.9 Å². The molecule has 3 rings (SSSR count). The molecule has 0 bridgehead atoms. The Kier molecular flexibility index (Phi) is 6.24. The van der Waals surface area contributed by atoms with Crippen molar-refractivity contribution in [2.75, 3.05) is 13.2 Å². The van der Waals surface area contributed by atoms with Crippen molar-refractivity contribution >= 4 is 33.8 Å². The molecule has 2 aromatic carbocycles. The fourth-order valence-electron chi connectivity index (χ4n) is 2.88. The lowest BCUT2D eigenvalue weighted by Gasteiger charge is -2.23. The van der Waals surface area contributed by atoms with E-state index in [1.54, 1.807) is 0 Å². The van der Waals surface area contributed by atoms with Gasteiger partial charge < -0.3 is 10.1 Å². The number of benzene rings is 2. The lowest BCUT2D eigenvalue weighted by Crippen LogP contribution is -2.40. The van der Waals surface area contributed by atoms with E-state index in [1.807, 2.05) is 54.6 Å². The summed E-state index contributed by atoms with van der Waals surface area (Å²) in [4.78, 5) is 37.1. The number of nitrogens with one attached hydrogen (secondary N) is 1. The summed E-state index contributed by atoms with van der Waals surface area (Å²) in [5.74, 6) is -0.553. The van der Waals surface area contributed by atoms with Gasteiger partial charge in [-0.25, -0.2) is 9.69 Å². The number of amides is 3. The molecule has 140 valence electrons. The molecule has 1 aliphatic heterocycles. The van der Waals surface area contributed by atoms with E-state index in [2.05, 4.69) is 21.2 Å². The zero-order chi connectivity index (χ0) is 19.2. The predicted octanol–water partition coefficient (Wildman–Crippen LogP) is 3.22. The highest BCUT2D eigenvalue weighted by Crippen LogP contribution is 2.19. The molecule has 0 aliphatic carbocycles. The smallest absolute Gasteiger partial charge is 0.417 e. The van der Waals surface area contributed by atoms with Crippen molar-refractivity contribution in [3.63, 3.8) is 0 Å². The summed E-state index contributed by atoms with van der Waals surface area (Å²) in [6.07, 6.45) is 0.201. The maximum atomic E-state index is 12.5. The number of imide groups is 1. The summed E-state index contributed by atoms with van der Waals surface area (Å²) in [6.45, 7) is -0.210. The van der Waals surface area contributed by atoms with Gasteiger partial charge in [0.1, 0.15) is 0 Å². The molecule has 1 fully saturated rings. The summed E-state index contributed by atoms with van der Waals surface area (Å²) in [5, 5.41) is 2.94. The molecule has 1 heterocycles. The van der Waals surface area contributed by atoms with E-state index in [1.165, 1.54) is 0 Å². The SMILES string of the molecule is O=C(CCc1ccccc1Br)N[C@@H](CN1C(=O)COC1=O)c1ccccc1. The van der Waals surface area contributed by atoms with E-state index < -0.39 is 18.0 Å². The minimum absolute atomic E-state index is 0.0441. The molecule has 0 saturated carbocycles. The maximum Gasteiger partial charge on any atom is 0.417 e. The summed E-state index contributed by atoms with van der Waals surface area (Å²) >= 11 is 3.48. The molecule has 1 N–H and O–H groups in total. The second-order valence-electron chi connectivity index (χ2n) is 6.18. The average Bonchev–Trinajstić information content (AvgIpc) is 2.99. The van der Waals surface area contributed by atoms with Crippen LogP contribution in [0.3, 0.4) is 0 Å². The first-order valence-electron chi connectivity index (χ1n) is 8.59. The Morgan fingerprint density at radius 3 is 2.48 bits per heavy atom. The van der Waals surface area contributed by atoms with Crippen LogP contribution in [0.1, 0.15) is 23.6 Å². The van der Waals surface area contributed by atoms with Gasteiger partial charge in [-0.15, -0.1) is 0 Å². The molecule has 1 saturated heterocycles. The molecule has 6 nitrogen and oxygen atoms in total. The first kappa shape index (κ1) is 19.1. The van der Waals surface area contributed by atoms with Crippen LogP contribution < -0.4 is 5.32 Å². The number of carbonyl (C=O) groups excluding carboxylic acids is 3. The topological polar surface area (TPSA) is 75.7 Å².